The van der Waals surface area contributed by atoms with E-state index in [4.69, 9.17) is 0 Å². The second-order valence-electron chi connectivity index (χ2n) is 10.8. The standard InChI is InChI=1S/C29H27F9N2O2S/c1-15(2)18-6-5-16(3)25(12-18)24-8-7-21(27(30,31)32)11-20(24)14-40-17(4)26(39-43(40,41)42)19-9-22(28(33,34)35)13-23(10-19)29(36,37)38/h5-13,15,17,26,39H,14H2,1-4H3/t17-,26-/m0/s1. The van der Waals surface area contributed by atoms with Crippen LogP contribution in [0.4, 0.5) is 39.5 Å². The predicted octanol–water partition coefficient (Wildman–Crippen LogP) is 8.62. The summed E-state index contributed by atoms with van der Waals surface area (Å²) in [5.41, 5.74) is -2.50. The molecule has 2 atom stereocenters. The average Bonchev–Trinajstić information content (AvgIpc) is 3.10. The SMILES string of the molecule is Cc1ccc(C(C)C)cc1-c1ccc(C(F)(F)F)cc1CN1[C@@H](C)[C@@H](c2cc(C(F)(F)F)cc(C(F)(F)F)c2)NS1(=O)=O. The van der Waals surface area contributed by atoms with Crippen LogP contribution in [0.2, 0.25) is 0 Å². The summed E-state index contributed by atoms with van der Waals surface area (Å²) in [4.78, 5) is 0. The minimum Gasteiger partial charge on any atom is -0.195 e. The zero-order valence-electron chi connectivity index (χ0n) is 23.2. The van der Waals surface area contributed by atoms with Gasteiger partial charge in [0.2, 0.25) is 0 Å². The third-order valence-corrected chi connectivity index (χ3v) is 9.10. The second-order valence-corrected chi connectivity index (χ2v) is 12.5. The lowest BCUT2D eigenvalue weighted by Gasteiger charge is -2.24. The van der Waals surface area contributed by atoms with Crippen LogP contribution in [0.25, 0.3) is 11.1 Å². The number of nitrogens with one attached hydrogen (secondary N) is 1. The largest absolute Gasteiger partial charge is 0.416 e. The zero-order valence-corrected chi connectivity index (χ0v) is 24.0. The lowest BCUT2D eigenvalue weighted by molar-refractivity contribution is -0.143. The van der Waals surface area contributed by atoms with Gasteiger partial charge in [0.25, 0.3) is 10.2 Å². The highest BCUT2D eigenvalue weighted by atomic mass is 32.2. The molecule has 43 heavy (non-hydrogen) atoms. The van der Waals surface area contributed by atoms with Crippen LogP contribution in [0.5, 0.6) is 0 Å². The molecule has 3 aromatic rings. The first kappa shape index (κ1) is 32.8. The number of halogens is 9. The van der Waals surface area contributed by atoms with Gasteiger partial charge in [0.05, 0.1) is 22.7 Å². The summed E-state index contributed by atoms with van der Waals surface area (Å²) in [6.45, 7) is 6.20. The number of rotatable bonds is 5. The Labute approximate surface area is 242 Å². The molecule has 1 N–H and O–H groups in total. The average molecular weight is 639 g/mol. The lowest BCUT2D eigenvalue weighted by Crippen LogP contribution is -2.33. The lowest BCUT2D eigenvalue weighted by atomic mass is 9.90. The molecule has 0 bridgehead atoms. The number of hydrogen-bond acceptors (Lipinski definition) is 2. The van der Waals surface area contributed by atoms with Crippen LogP contribution < -0.4 is 4.72 Å². The van der Waals surface area contributed by atoms with Crippen molar-refractivity contribution in [2.24, 2.45) is 0 Å². The van der Waals surface area contributed by atoms with Crippen LogP contribution in [0, 0.1) is 6.92 Å². The highest BCUT2D eigenvalue weighted by molar-refractivity contribution is 7.87. The number of aryl methyl sites for hydroxylation is 1. The molecule has 1 aliphatic heterocycles. The van der Waals surface area contributed by atoms with Gasteiger partial charge in [0.15, 0.2) is 0 Å². The van der Waals surface area contributed by atoms with Crippen LogP contribution >= 0.6 is 0 Å². The Morgan fingerprint density at radius 1 is 0.767 bits per heavy atom. The fraction of sp³-hybridized carbons (Fsp3) is 0.379. The molecule has 0 amide bonds. The van der Waals surface area contributed by atoms with E-state index in [1.54, 1.807) is 19.1 Å². The van der Waals surface area contributed by atoms with Crippen LogP contribution in [-0.2, 0) is 35.3 Å². The van der Waals surface area contributed by atoms with Crippen molar-refractivity contribution in [2.75, 3.05) is 0 Å². The quantitative estimate of drug-likeness (QED) is 0.285. The number of benzene rings is 3. The van der Waals surface area contributed by atoms with E-state index < -0.39 is 69.6 Å². The molecule has 3 aromatic carbocycles. The Hall–Kier alpha value is -3.10. The summed E-state index contributed by atoms with van der Waals surface area (Å²) in [7, 11) is -4.57. The Kier molecular flexibility index (Phi) is 8.48. The van der Waals surface area contributed by atoms with E-state index >= 15 is 0 Å². The van der Waals surface area contributed by atoms with Gasteiger partial charge in [0.1, 0.15) is 0 Å². The van der Waals surface area contributed by atoms with Crippen molar-refractivity contribution in [3.8, 4) is 11.1 Å². The van der Waals surface area contributed by atoms with E-state index in [9.17, 15) is 47.9 Å². The first-order chi connectivity index (χ1) is 19.6. The maximum Gasteiger partial charge on any atom is 0.416 e. The van der Waals surface area contributed by atoms with Gasteiger partial charge < -0.3 is 0 Å². The number of hydrogen-bond donors (Lipinski definition) is 1. The normalized spacial score (nSPS) is 19.8. The van der Waals surface area contributed by atoms with Crippen molar-refractivity contribution in [1.82, 2.24) is 9.03 Å². The first-order valence-corrected chi connectivity index (χ1v) is 14.4. The summed E-state index contributed by atoms with van der Waals surface area (Å²) in [6, 6.07) is 6.28. The molecule has 0 aromatic heterocycles. The summed E-state index contributed by atoms with van der Waals surface area (Å²) in [5.74, 6) is 0.0650. The summed E-state index contributed by atoms with van der Waals surface area (Å²) in [5, 5.41) is 0. The molecule has 0 aliphatic carbocycles. The van der Waals surface area contributed by atoms with Crippen molar-refractivity contribution in [2.45, 2.75) is 70.8 Å². The van der Waals surface area contributed by atoms with Gasteiger partial charge in [-0.2, -0.15) is 57.0 Å². The molecule has 1 fully saturated rings. The van der Waals surface area contributed by atoms with E-state index in [-0.39, 0.29) is 17.5 Å². The fourth-order valence-electron chi connectivity index (χ4n) is 5.07. The van der Waals surface area contributed by atoms with Crippen molar-refractivity contribution in [3.63, 3.8) is 0 Å². The highest BCUT2D eigenvalue weighted by Crippen LogP contribution is 2.42. The van der Waals surface area contributed by atoms with Gasteiger partial charge in [-0.05, 0) is 83.5 Å². The molecule has 0 saturated carbocycles. The fourth-order valence-corrected chi connectivity index (χ4v) is 6.72. The van der Waals surface area contributed by atoms with E-state index in [1.165, 1.54) is 13.0 Å². The van der Waals surface area contributed by atoms with Gasteiger partial charge in [0, 0.05) is 12.6 Å². The molecule has 4 nitrogen and oxygen atoms in total. The minimum absolute atomic E-state index is 0.0447. The molecule has 234 valence electrons. The second kappa shape index (κ2) is 11.1. The topological polar surface area (TPSA) is 49.4 Å². The van der Waals surface area contributed by atoms with Crippen LogP contribution in [0.1, 0.15) is 71.7 Å². The van der Waals surface area contributed by atoms with Gasteiger partial charge in [-0.1, -0.05) is 38.1 Å². The third kappa shape index (κ3) is 6.86. The first-order valence-electron chi connectivity index (χ1n) is 13.0. The molecule has 4 rings (SSSR count). The number of nitrogens with zero attached hydrogens (tertiary/aromatic N) is 1. The molecule has 14 heteroatoms. The van der Waals surface area contributed by atoms with Gasteiger partial charge >= 0.3 is 18.5 Å². The Morgan fingerprint density at radius 2 is 1.33 bits per heavy atom. The molecule has 0 radical (unpaired) electrons. The number of alkyl halides is 9. The van der Waals surface area contributed by atoms with Crippen LogP contribution in [0.15, 0.2) is 54.6 Å². The molecule has 1 heterocycles. The van der Waals surface area contributed by atoms with Gasteiger partial charge in [-0.25, -0.2) is 0 Å². The van der Waals surface area contributed by atoms with Crippen LogP contribution in [0.3, 0.4) is 0 Å². The molecule has 1 saturated heterocycles. The summed E-state index contributed by atoms with van der Waals surface area (Å²) < 4.78 is 151. The minimum atomic E-state index is -5.16. The molecule has 1 aliphatic rings. The maximum absolute atomic E-state index is 13.7. The van der Waals surface area contributed by atoms with Crippen molar-refractivity contribution in [3.05, 3.63) is 93.5 Å². The summed E-state index contributed by atoms with van der Waals surface area (Å²) in [6.07, 6.45) is -15.1. The monoisotopic (exact) mass is 638 g/mol. The van der Waals surface area contributed by atoms with Gasteiger partial charge in [-0.3, -0.25) is 0 Å². The molecule has 0 spiro atoms. The highest BCUT2D eigenvalue weighted by Gasteiger charge is 2.45. The van der Waals surface area contributed by atoms with E-state index in [2.05, 4.69) is 4.72 Å². The Bertz CT molecular complexity index is 1600. The smallest absolute Gasteiger partial charge is 0.195 e. The Balaban J connectivity index is 1.83. The molecule has 0 unspecified atom stereocenters. The third-order valence-electron chi connectivity index (χ3n) is 7.47. The van der Waals surface area contributed by atoms with E-state index in [0.29, 0.717) is 28.8 Å². The van der Waals surface area contributed by atoms with Crippen molar-refractivity contribution < 1.29 is 47.9 Å². The summed E-state index contributed by atoms with van der Waals surface area (Å²) >= 11 is 0. The predicted molar refractivity (Wildman–Crippen MR) is 142 cm³/mol. The molecular weight excluding hydrogens is 611 g/mol. The van der Waals surface area contributed by atoms with Crippen molar-refractivity contribution >= 4 is 10.2 Å². The zero-order chi connectivity index (χ0) is 32.3. The van der Waals surface area contributed by atoms with E-state index in [0.717, 1.165) is 22.0 Å². The Morgan fingerprint density at radius 3 is 1.84 bits per heavy atom. The van der Waals surface area contributed by atoms with E-state index in [1.807, 2.05) is 19.9 Å². The van der Waals surface area contributed by atoms with Crippen molar-refractivity contribution in [1.29, 1.82) is 0 Å². The van der Waals surface area contributed by atoms with Gasteiger partial charge in [-0.15, -0.1) is 0 Å². The maximum atomic E-state index is 13.7. The van der Waals surface area contributed by atoms with Crippen LogP contribution in [-0.4, -0.2) is 18.8 Å². The molecular formula is C29H27F9N2O2S.